The molecular formula is C17H24BrFO. The first-order valence-electron chi connectivity index (χ1n) is 7.46. The Morgan fingerprint density at radius 2 is 1.95 bits per heavy atom. The highest BCUT2D eigenvalue weighted by Crippen LogP contribution is 2.55. The molecule has 0 heterocycles. The van der Waals surface area contributed by atoms with Gasteiger partial charge in [0.15, 0.2) is 0 Å². The molecule has 1 aliphatic carbocycles. The lowest BCUT2D eigenvalue weighted by molar-refractivity contribution is 0.227. The van der Waals surface area contributed by atoms with E-state index >= 15 is 0 Å². The van der Waals surface area contributed by atoms with Crippen molar-refractivity contribution >= 4 is 15.9 Å². The zero-order valence-electron chi connectivity index (χ0n) is 12.6. The molecule has 0 bridgehead atoms. The summed E-state index contributed by atoms with van der Waals surface area (Å²) in [6, 6.07) is 5.21. The molecule has 0 aromatic heterocycles. The normalized spacial score (nSPS) is 19.3. The van der Waals surface area contributed by atoms with E-state index in [1.807, 2.05) is 12.1 Å². The van der Waals surface area contributed by atoms with Gasteiger partial charge in [0.05, 0.1) is 7.11 Å². The maximum atomic E-state index is 14.3. The number of methoxy groups -OCH3 is 1. The fourth-order valence-corrected chi connectivity index (χ4v) is 4.64. The minimum atomic E-state index is -0.166. The van der Waals surface area contributed by atoms with Crippen LogP contribution in [0.5, 0.6) is 5.75 Å². The van der Waals surface area contributed by atoms with E-state index in [0.29, 0.717) is 11.7 Å². The van der Waals surface area contributed by atoms with E-state index in [2.05, 4.69) is 29.8 Å². The van der Waals surface area contributed by atoms with Crippen LogP contribution in [-0.4, -0.2) is 7.11 Å². The average molecular weight is 343 g/mol. The monoisotopic (exact) mass is 342 g/mol. The topological polar surface area (TPSA) is 9.23 Å². The number of alkyl halides is 1. The van der Waals surface area contributed by atoms with E-state index in [0.717, 1.165) is 12.0 Å². The SMILES string of the molecule is COc1ccc(C(Br)C2(CC(C)C)CCCC2)c(F)c1. The summed E-state index contributed by atoms with van der Waals surface area (Å²) in [7, 11) is 1.57. The van der Waals surface area contributed by atoms with Crippen LogP contribution in [0, 0.1) is 17.2 Å². The maximum Gasteiger partial charge on any atom is 0.131 e. The molecule has 0 spiro atoms. The van der Waals surface area contributed by atoms with Gasteiger partial charge < -0.3 is 4.74 Å². The summed E-state index contributed by atoms with van der Waals surface area (Å²) in [6.45, 7) is 4.51. The Kier molecular flexibility index (Phi) is 5.11. The highest BCUT2D eigenvalue weighted by molar-refractivity contribution is 9.09. The fourth-order valence-electron chi connectivity index (χ4n) is 3.62. The predicted molar refractivity (Wildman–Crippen MR) is 85.0 cm³/mol. The molecule has 0 aliphatic heterocycles. The second-order valence-electron chi connectivity index (χ2n) is 6.42. The van der Waals surface area contributed by atoms with Crippen molar-refractivity contribution < 1.29 is 9.13 Å². The Balaban J connectivity index is 2.30. The summed E-state index contributed by atoms with van der Waals surface area (Å²) >= 11 is 3.82. The van der Waals surface area contributed by atoms with Crippen molar-refractivity contribution in [3.8, 4) is 5.75 Å². The molecule has 1 atom stereocenters. The molecule has 0 amide bonds. The minimum Gasteiger partial charge on any atom is -0.497 e. The lowest BCUT2D eigenvalue weighted by Crippen LogP contribution is -2.25. The molecule has 112 valence electrons. The average Bonchev–Trinajstić information content (AvgIpc) is 2.86. The van der Waals surface area contributed by atoms with Crippen molar-refractivity contribution in [3.05, 3.63) is 29.6 Å². The summed E-state index contributed by atoms with van der Waals surface area (Å²) in [4.78, 5) is 0.0887. The molecule has 1 aliphatic rings. The fraction of sp³-hybridized carbons (Fsp3) is 0.647. The number of rotatable bonds is 5. The maximum absolute atomic E-state index is 14.3. The van der Waals surface area contributed by atoms with Crippen LogP contribution in [0.15, 0.2) is 18.2 Å². The second kappa shape index (κ2) is 6.46. The van der Waals surface area contributed by atoms with Gasteiger partial charge in [-0.15, -0.1) is 0 Å². The third kappa shape index (κ3) is 3.19. The van der Waals surface area contributed by atoms with Crippen LogP contribution >= 0.6 is 15.9 Å². The lowest BCUT2D eigenvalue weighted by atomic mass is 9.74. The van der Waals surface area contributed by atoms with Gasteiger partial charge in [0, 0.05) is 16.5 Å². The molecule has 20 heavy (non-hydrogen) atoms. The molecule has 1 fully saturated rings. The molecule has 0 N–H and O–H groups in total. The number of ether oxygens (including phenoxy) is 1. The van der Waals surface area contributed by atoms with E-state index in [1.54, 1.807) is 7.11 Å². The molecule has 1 saturated carbocycles. The summed E-state index contributed by atoms with van der Waals surface area (Å²) in [6.07, 6.45) is 6.03. The standard InChI is InChI=1S/C17H24BrFO/c1-12(2)11-17(8-4-5-9-17)16(18)14-7-6-13(20-3)10-15(14)19/h6-7,10,12,16H,4-5,8-9,11H2,1-3H3. The van der Waals surface area contributed by atoms with Crippen molar-refractivity contribution in [2.75, 3.05) is 7.11 Å². The van der Waals surface area contributed by atoms with Gasteiger partial charge >= 0.3 is 0 Å². The molecule has 3 heteroatoms. The second-order valence-corrected chi connectivity index (χ2v) is 7.33. The van der Waals surface area contributed by atoms with Gasteiger partial charge in [0.1, 0.15) is 11.6 Å². The molecule has 0 saturated heterocycles. The summed E-state index contributed by atoms with van der Waals surface area (Å²) < 4.78 is 19.4. The summed E-state index contributed by atoms with van der Waals surface area (Å²) in [5, 5.41) is 0. The van der Waals surface area contributed by atoms with E-state index in [9.17, 15) is 4.39 Å². The molecule has 2 rings (SSSR count). The van der Waals surface area contributed by atoms with Crippen LogP contribution in [0.4, 0.5) is 4.39 Å². The van der Waals surface area contributed by atoms with Gasteiger partial charge in [-0.3, -0.25) is 0 Å². The van der Waals surface area contributed by atoms with Crippen LogP contribution in [0.1, 0.15) is 56.3 Å². The summed E-state index contributed by atoms with van der Waals surface area (Å²) in [5.41, 5.74) is 0.970. The number of halogens is 2. The number of hydrogen-bond acceptors (Lipinski definition) is 1. The highest BCUT2D eigenvalue weighted by Gasteiger charge is 2.41. The molecule has 1 unspecified atom stereocenters. The number of hydrogen-bond donors (Lipinski definition) is 0. The first-order valence-corrected chi connectivity index (χ1v) is 8.37. The van der Waals surface area contributed by atoms with Gasteiger partial charge in [0.25, 0.3) is 0 Å². The molecule has 1 nitrogen and oxygen atoms in total. The van der Waals surface area contributed by atoms with Crippen LogP contribution < -0.4 is 4.74 Å². The largest absolute Gasteiger partial charge is 0.497 e. The Bertz CT molecular complexity index is 452. The highest BCUT2D eigenvalue weighted by atomic mass is 79.9. The van der Waals surface area contributed by atoms with Gasteiger partial charge in [0.2, 0.25) is 0 Å². The number of benzene rings is 1. The van der Waals surface area contributed by atoms with Gasteiger partial charge in [-0.1, -0.05) is 48.7 Å². The predicted octanol–water partition coefficient (Wildman–Crippen LogP) is 5.88. The zero-order chi connectivity index (χ0) is 14.8. The summed E-state index contributed by atoms with van der Waals surface area (Å²) in [5.74, 6) is 1.05. The lowest BCUT2D eigenvalue weighted by Gasteiger charge is -2.36. The van der Waals surface area contributed by atoms with Gasteiger partial charge in [-0.25, -0.2) is 4.39 Å². The molecule has 0 radical (unpaired) electrons. The van der Waals surface area contributed by atoms with E-state index in [-0.39, 0.29) is 16.1 Å². The van der Waals surface area contributed by atoms with Crippen molar-refractivity contribution in [1.29, 1.82) is 0 Å². The van der Waals surface area contributed by atoms with Gasteiger partial charge in [-0.05, 0) is 36.7 Å². The first kappa shape index (κ1) is 15.8. The van der Waals surface area contributed by atoms with Crippen molar-refractivity contribution in [2.24, 2.45) is 11.3 Å². The molecular weight excluding hydrogens is 319 g/mol. The smallest absolute Gasteiger partial charge is 0.131 e. The van der Waals surface area contributed by atoms with Crippen LogP contribution in [0.3, 0.4) is 0 Å². The van der Waals surface area contributed by atoms with Crippen molar-refractivity contribution in [2.45, 2.75) is 50.8 Å². The first-order chi connectivity index (χ1) is 9.48. The van der Waals surface area contributed by atoms with E-state index in [4.69, 9.17) is 4.74 Å². The third-order valence-corrected chi connectivity index (χ3v) is 5.90. The Hall–Kier alpha value is -0.570. The minimum absolute atomic E-state index is 0.0887. The quantitative estimate of drug-likeness (QED) is 0.607. The third-order valence-electron chi connectivity index (χ3n) is 4.43. The van der Waals surface area contributed by atoms with Crippen LogP contribution in [-0.2, 0) is 0 Å². The zero-order valence-corrected chi connectivity index (χ0v) is 14.2. The van der Waals surface area contributed by atoms with Gasteiger partial charge in [-0.2, -0.15) is 0 Å². The van der Waals surface area contributed by atoms with Crippen molar-refractivity contribution in [1.82, 2.24) is 0 Å². The Morgan fingerprint density at radius 3 is 2.45 bits per heavy atom. The Labute approximate surface area is 130 Å². The van der Waals surface area contributed by atoms with E-state index in [1.165, 1.54) is 31.7 Å². The molecule has 1 aromatic rings. The Morgan fingerprint density at radius 1 is 1.30 bits per heavy atom. The van der Waals surface area contributed by atoms with Crippen LogP contribution in [0.2, 0.25) is 0 Å². The van der Waals surface area contributed by atoms with Crippen molar-refractivity contribution in [3.63, 3.8) is 0 Å². The molecule has 1 aromatic carbocycles. The van der Waals surface area contributed by atoms with Crippen LogP contribution in [0.25, 0.3) is 0 Å². The van der Waals surface area contributed by atoms with E-state index < -0.39 is 0 Å².